The van der Waals surface area contributed by atoms with Crippen LogP contribution in [0.5, 0.6) is 0 Å². The number of H-pyrrole nitrogens is 1. The van der Waals surface area contributed by atoms with E-state index < -0.39 is 5.60 Å². The van der Waals surface area contributed by atoms with Crippen LogP contribution in [0, 0.1) is 13.8 Å². The zero-order valence-electron chi connectivity index (χ0n) is 13.5. The summed E-state index contributed by atoms with van der Waals surface area (Å²) < 4.78 is 0. The lowest BCUT2D eigenvalue weighted by Gasteiger charge is -2.22. The molecule has 0 aliphatic rings. The van der Waals surface area contributed by atoms with Gasteiger partial charge in [-0.2, -0.15) is 11.3 Å². The molecule has 2 heterocycles. The maximum atomic E-state index is 12.0. The second kappa shape index (κ2) is 7.06. The topological polar surface area (TPSA) is 95.1 Å². The number of thiophene rings is 1. The average molecular weight is 335 g/mol. The molecule has 6 nitrogen and oxygen atoms in total. The molecular weight excluding hydrogens is 314 g/mol. The number of carbonyl (C=O) groups excluding carboxylic acids is 1. The Morgan fingerprint density at radius 3 is 2.83 bits per heavy atom. The van der Waals surface area contributed by atoms with Crippen molar-refractivity contribution in [3.8, 4) is 0 Å². The van der Waals surface area contributed by atoms with Crippen LogP contribution < -0.4 is 10.9 Å². The molecule has 2 rings (SSSR count). The van der Waals surface area contributed by atoms with Gasteiger partial charge in [-0.15, -0.1) is 0 Å². The maximum Gasteiger partial charge on any atom is 0.254 e. The van der Waals surface area contributed by atoms with Gasteiger partial charge in [0.2, 0.25) is 5.91 Å². The predicted octanol–water partition coefficient (Wildman–Crippen LogP) is 1.40. The summed E-state index contributed by atoms with van der Waals surface area (Å²) in [5.74, 6) is 0.354. The van der Waals surface area contributed by atoms with E-state index in [0.717, 1.165) is 5.56 Å². The Morgan fingerprint density at radius 1 is 1.48 bits per heavy atom. The summed E-state index contributed by atoms with van der Waals surface area (Å²) in [5, 5.41) is 16.8. The maximum absolute atomic E-state index is 12.0. The van der Waals surface area contributed by atoms with Crippen molar-refractivity contribution in [3.63, 3.8) is 0 Å². The Labute approximate surface area is 138 Å². The van der Waals surface area contributed by atoms with Gasteiger partial charge in [0.05, 0.1) is 6.54 Å². The van der Waals surface area contributed by atoms with E-state index in [1.807, 2.05) is 16.8 Å². The lowest BCUT2D eigenvalue weighted by atomic mass is 9.99. The normalized spacial score (nSPS) is 13.6. The van der Waals surface area contributed by atoms with Crippen molar-refractivity contribution in [2.24, 2.45) is 0 Å². The van der Waals surface area contributed by atoms with Crippen LogP contribution >= 0.6 is 11.3 Å². The minimum absolute atomic E-state index is 0.129. The molecule has 1 unspecified atom stereocenters. The zero-order valence-corrected chi connectivity index (χ0v) is 14.3. The van der Waals surface area contributed by atoms with Crippen molar-refractivity contribution in [1.82, 2.24) is 15.3 Å². The third-order valence-corrected chi connectivity index (χ3v) is 4.40. The Bertz CT molecular complexity index is 736. The molecule has 1 atom stereocenters. The number of amides is 1. The van der Waals surface area contributed by atoms with E-state index in [1.54, 1.807) is 20.8 Å². The van der Waals surface area contributed by atoms with Gasteiger partial charge in [-0.1, -0.05) is 0 Å². The smallest absolute Gasteiger partial charge is 0.254 e. The predicted molar refractivity (Wildman–Crippen MR) is 89.6 cm³/mol. The summed E-state index contributed by atoms with van der Waals surface area (Å²) in [5.41, 5.74) is 0.639. The zero-order chi connectivity index (χ0) is 17.0. The van der Waals surface area contributed by atoms with Crippen molar-refractivity contribution in [2.75, 3.05) is 6.54 Å². The second-order valence-electron chi connectivity index (χ2n) is 5.78. The lowest BCUT2D eigenvalue weighted by Crippen LogP contribution is -2.38. The Balaban J connectivity index is 1.90. The molecule has 3 N–H and O–H groups in total. The van der Waals surface area contributed by atoms with Gasteiger partial charge in [0.15, 0.2) is 0 Å². The molecule has 2 aromatic heterocycles. The number of hydrogen-bond donors (Lipinski definition) is 3. The van der Waals surface area contributed by atoms with Gasteiger partial charge in [-0.05, 0) is 49.6 Å². The van der Waals surface area contributed by atoms with Crippen LogP contribution in [0.3, 0.4) is 0 Å². The molecule has 0 aliphatic heterocycles. The van der Waals surface area contributed by atoms with Crippen LogP contribution in [-0.4, -0.2) is 27.5 Å². The monoisotopic (exact) mass is 335 g/mol. The third kappa shape index (κ3) is 4.49. The summed E-state index contributed by atoms with van der Waals surface area (Å²) >= 11 is 1.49. The van der Waals surface area contributed by atoms with Gasteiger partial charge in [-0.25, -0.2) is 4.98 Å². The molecule has 0 aliphatic carbocycles. The van der Waals surface area contributed by atoms with Crippen LogP contribution in [-0.2, 0) is 16.8 Å². The number of aromatic amines is 1. The highest BCUT2D eigenvalue weighted by molar-refractivity contribution is 7.08. The molecule has 0 radical (unpaired) electrons. The quantitative estimate of drug-likeness (QED) is 0.744. The van der Waals surface area contributed by atoms with Gasteiger partial charge in [0.25, 0.3) is 5.56 Å². The molecule has 124 valence electrons. The number of nitrogens with one attached hydrogen (secondary N) is 2. The fourth-order valence-electron chi connectivity index (χ4n) is 2.32. The summed E-state index contributed by atoms with van der Waals surface area (Å²) in [4.78, 5) is 30.7. The standard InChI is InChI=1S/C16H21N3O3S/c1-10-13(15(21)19-11(2)18-10)4-5-14(20)17-9-16(3,22)12-6-7-23-8-12/h6-8,22H,4-5,9H2,1-3H3,(H,17,20)(H,18,19,21). The number of aliphatic hydroxyl groups is 1. The highest BCUT2D eigenvalue weighted by Gasteiger charge is 2.24. The van der Waals surface area contributed by atoms with Crippen LogP contribution in [0.2, 0.25) is 0 Å². The number of nitrogens with zero attached hydrogens (tertiary/aromatic N) is 1. The summed E-state index contributed by atoms with van der Waals surface area (Å²) in [6.45, 7) is 5.27. The fraction of sp³-hybridized carbons (Fsp3) is 0.438. The average Bonchev–Trinajstić information content (AvgIpc) is 2.99. The van der Waals surface area contributed by atoms with Crippen molar-refractivity contribution in [2.45, 2.75) is 39.2 Å². The van der Waals surface area contributed by atoms with Crippen molar-refractivity contribution < 1.29 is 9.90 Å². The van der Waals surface area contributed by atoms with E-state index in [0.29, 0.717) is 23.5 Å². The van der Waals surface area contributed by atoms with Crippen LogP contribution in [0.1, 0.15) is 36.0 Å². The highest BCUT2D eigenvalue weighted by atomic mass is 32.1. The molecule has 0 saturated heterocycles. The van der Waals surface area contributed by atoms with Gasteiger partial charge < -0.3 is 15.4 Å². The number of carbonyl (C=O) groups is 1. The Hall–Kier alpha value is -1.99. The van der Waals surface area contributed by atoms with E-state index in [2.05, 4.69) is 15.3 Å². The number of aromatic nitrogens is 2. The molecular formula is C16H21N3O3S. The number of aryl methyl sites for hydroxylation is 2. The molecule has 1 amide bonds. The van der Waals surface area contributed by atoms with E-state index in [1.165, 1.54) is 11.3 Å². The summed E-state index contributed by atoms with van der Waals surface area (Å²) in [7, 11) is 0. The second-order valence-corrected chi connectivity index (χ2v) is 6.56. The molecule has 0 bridgehead atoms. The first-order valence-electron chi connectivity index (χ1n) is 7.38. The summed E-state index contributed by atoms with van der Waals surface area (Å²) in [6, 6.07) is 1.83. The minimum Gasteiger partial charge on any atom is -0.384 e. The van der Waals surface area contributed by atoms with Gasteiger partial charge >= 0.3 is 0 Å². The Morgan fingerprint density at radius 2 is 2.22 bits per heavy atom. The molecule has 0 spiro atoms. The molecule has 0 fully saturated rings. The first-order chi connectivity index (χ1) is 10.8. The number of hydrogen-bond acceptors (Lipinski definition) is 5. The lowest BCUT2D eigenvalue weighted by molar-refractivity contribution is -0.122. The molecule has 0 aromatic carbocycles. The van der Waals surface area contributed by atoms with Crippen LogP contribution in [0.25, 0.3) is 0 Å². The molecule has 23 heavy (non-hydrogen) atoms. The summed E-state index contributed by atoms with van der Waals surface area (Å²) in [6.07, 6.45) is 0.495. The van der Waals surface area contributed by atoms with Crippen molar-refractivity contribution >= 4 is 17.2 Å². The molecule has 2 aromatic rings. The third-order valence-electron chi connectivity index (χ3n) is 3.72. The SMILES string of the molecule is Cc1nc(C)c(CCC(=O)NCC(C)(O)c2ccsc2)c(=O)[nH]1. The van der Waals surface area contributed by atoms with E-state index in [9.17, 15) is 14.7 Å². The van der Waals surface area contributed by atoms with Crippen LogP contribution in [0.15, 0.2) is 21.6 Å². The Kier molecular flexibility index (Phi) is 5.33. The minimum atomic E-state index is -1.10. The van der Waals surface area contributed by atoms with Gasteiger partial charge in [-0.3, -0.25) is 9.59 Å². The van der Waals surface area contributed by atoms with E-state index in [4.69, 9.17) is 0 Å². The highest BCUT2D eigenvalue weighted by Crippen LogP contribution is 2.22. The first kappa shape index (κ1) is 17.4. The largest absolute Gasteiger partial charge is 0.384 e. The molecule has 7 heteroatoms. The van der Waals surface area contributed by atoms with Crippen molar-refractivity contribution in [3.05, 3.63) is 49.8 Å². The van der Waals surface area contributed by atoms with E-state index in [-0.39, 0.29) is 24.4 Å². The fourth-order valence-corrected chi connectivity index (χ4v) is 3.10. The number of rotatable bonds is 6. The van der Waals surface area contributed by atoms with Gasteiger partial charge in [0.1, 0.15) is 11.4 Å². The van der Waals surface area contributed by atoms with Crippen molar-refractivity contribution in [1.29, 1.82) is 0 Å². The van der Waals surface area contributed by atoms with E-state index >= 15 is 0 Å². The van der Waals surface area contributed by atoms with Gasteiger partial charge in [0, 0.05) is 17.7 Å². The first-order valence-corrected chi connectivity index (χ1v) is 8.32. The van der Waals surface area contributed by atoms with Crippen LogP contribution in [0.4, 0.5) is 0 Å². The molecule has 0 saturated carbocycles.